The van der Waals surface area contributed by atoms with Gasteiger partial charge in [0.15, 0.2) is 5.96 Å². The summed E-state index contributed by atoms with van der Waals surface area (Å²) in [6, 6.07) is 17.5. The molecule has 0 aliphatic carbocycles. The number of hydrogen-bond donors (Lipinski definition) is 2. The van der Waals surface area contributed by atoms with Gasteiger partial charge in [-0.3, -0.25) is 0 Å². The van der Waals surface area contributed by atoms with Crippen LogP contribution in [0.25, 0.3) is 0 Å². The largest absolute Gasteiger partial charge is 0.383 e. The molecule has 0 spiro atoms. The number of likely N-dealkylation sites (tertiary alicyclic amines) is 1. The van der Waals surface area contributed by atoms with Crippen LogP contribution in [0.1, 0.15) is 30.4 Å². The van der Waals surface area contributed by atoms with E-state index in [1.165, 1.54) is 12.7 Å². The second kappa shape index (κ2) is 11.3. The van der Waals surface area contributed by atoms with Crippen LogP contribution in [0.3, 0.4) is 0 Å². The lowest BCUT2D eigenvalue weighted by Gasteiger charge is -2.22. The van der Waals surface area contributed by atoms with E-state index in [-0.39, 0.29) is 11.4 Å². The van der Waals surface area contributed by atoms with Gasteiger partial charge in [0.25, 0.3) is 0 Å². The lowest BCUT2D eigenvalue weighted by Crippen LogP contribution is -2.40. The second-order valence-electron chi connectivity index (χ2n) is 7.55. The van der Waals surface area contributed by atoms with Gasteiger partial charge in [0.2, 0.25) is 10.0 Å². The molecule has 1 fully saturated rings. The highest BCUT2D eigenvalue weighted by Crippen LogP contribution is 2.27. The van der Waals surface area contributed by atoms with Crippen LogP contribution in [0.2, 0.25) is 0 Å². The van der Waals surface area contributed by atoms with Crippen LogP contribution in [-0.4, -0.2) is 59.2 Å². The van der Waals surface area contributed by atoms with Crippen molar-refractivity contribution in [2.45, 2.75) is 30.7 Å². The van der Waals surface area contributed by atoms with E-state index in [0.717, 1.165) is 37.6 Å². The Morgan fingerprint density at radius 3 is 2.58 bits per heavy atom. The first-order valence-corrected chi connectivity index (χ1v) is 12.2. The van der Waals surface area contributed by atoms with Gasteiger partial charge in [-0.25, -0.2) is 18.1 Å². The van der Waals surface area contributed by atoms with Gasteiger partial charge in [0, 0.05) is 39.2 Å². The first-order valence-electron chi connectivity index (χ1n) is 10.7. The zero-order chi connectivity index (χ0) is 22.1. The summed E-state index contributed by atoms with van der Waals surface area (Å²) in [5.74, 6) is 1.42. The Hall–Kier alpha value is -2.42. The molecule has 31 heavy (non-hydrogen) atoms. The van der Waals surface area contributed by atoms with Crippen molar-refractivity contribution < 1.29 is 13.2 Å². The molecule has 2 N–H and O–H groups in total. The van der Waals surface area contributed by atoms with Gasteiger partial charge in [-0.15, -0.1) is 0 Å². The molecule has 0 aromatic heterocycles. The third-order valence-electron chi connectivity index (χ3n) is 5.34. The maximum atomic E-state index is 12.3. The van der Waals surface area contributed by atoms with Crippen LogP contribution < -0.4 is 10.0 Å². The fraction of sp³-hybridized carbons (Fsp3) is 0.435. The first kappa shape index (κ1) is 23.2. The molecule has 0 radical (unpaired) electrons. The summed E-state index contributed by atoms with van der Waals surface area (Å²) in [5.41, 5.74) is 2.34. The number of ether oxygens (including phenoxy) is 1. The Labute approximate surface area is 185 Å². The maximum Gasteiger partial charge on any atom is 0.240 e. The van der Waals surface area contributed by atoms with Gasteiger partial charge >= 0.3 is 0 Å². The summed E-state index contributed by atoms with van der Waals surface area (Å²) in [4.78, 5) is 7.35. The van der Waals surface area contributed by atoms with Crippen LogP contribution in [0.5, 0.6) is 0 Å². The van der Waals surface area contributed by atoms with E-state index in [4.69, 9.17) is 9.73 Å². The molecular formula is C23H32N4O3S. The Balaban J connectivity index is 1.63. The highest BCUT2D eigenvalue weighted by atomic mass is 32.2. The Morgan fingerprint density at radius 1 is 1.16 bits per heavy atom. The maximum absolute atomic E-state index is 12.3. The van der Waals surface area contributed by atoms with Crippen molar-refractivity contribution in [1.82, 2.24) is 14.9 Å². The highest BCUT2D eigenvalue weighted by molar-refractivity contribution is 7.89. The number of methoxy groups -OCH3 is 1. The van der Waals surface area contributed by atoms with Crippen molar-refractivity contribution in [2.75, 3.05) is 39.9 Å². The van der Waals surface area contributed by atoms with Crippen molar-refractivity contribution in [2.24, 2.45) is 4.99 Å². The third kappa shape index (κ3) is 6.53. The molecule has 1 unspecified atom stereocenters. The summed E-state index contributed by atoms with van der Waals surface area (Å²) in [7, 11) is -1.98. The Morgan fingerprint density at radius 2 is 1.90 bits per heavy atom. The Kier molecular flexibility index (Phi) is 8.45. The monoisotopic (exact) mass is 444 g/mol. The fourth-order valence-electron chi connectivity index (χ4n) is 3.68. The Bertz CT molecular complexity index is 947. The van der Waals surface area contributed by atoms with Crippen molar-refractivity contribution in [1.29, 1.82) is 0 Å². The van der Waals surface area contributed by atoms with Crippen LogP contribution in [0, 0.1) is 0 Å². The highest BCUT2D eigenvalue weighted by Gasteiger charge is 2.25. The molecule has 2 aromatic carbocycles. The molecule has 0 amide bonds. The minimum atomic E-state index is -3.52. The van der Waals surface area contributed by atoms with Crippen molar-refractivity contribution in [3.63, 3.8) is 0 Å². The molecule has 7 nitrogen and oxygen atoms in total. The lowest BCUT2D eigenvalue weighted by atomic mass is 9.99. The van der Waals surface area contributed by atoms with E-state index in [1.807, 2.05) is 18.2 Å². The van der Waals surface area contributed by atoms with E-state index in [0.29, 0.717) is 19.1 Å². The topological polar surface area (TPSA) is 83.0 Å². The number of hydrogen-bond acceptors (Lipinski definition) is 4. The number of nitrogens with one attached hydrogen (secondary N) is 2. The van der Waals surface area contributed by atoms with E-state index in [1.54, 1.807) is 12.1 Å². The molecule has 8 heteroatoms. The summed E-state index contributed by atoms with van der Waals surface area (Å²) in [6.07, 6.45) is 1.11. The smallest absolute Gasteiger partial charge is 0.240 e. The van der Waals surface area contributed by atoms with Gasteiger partial charge in [-0.2, -0.15) is 0 Å². The van der Waals surface area contributed by atoms with Gasteiger partial charge in [-0.05, 0) is 36.6 Å². The fourth-order valence-corrected chi connectivity index (χ4v) is 4.69. The minimum Gasteiger partial charge on any atom is -0.383 e. The average molecular weight is 445 g/mol. The van der Waals surface area contributed by atoms with E-state index in [9.17, 15) is 8.42 Å². The molecule has 1 saturated heterocycles. The number of aliphatic imine (C=N–C) groups is 1. The van der Waals surface area contributed by atoms with Crippen LogP contribution >= 0.6 is 0 Å². The number of rotatable bonds is 9. The van der Waals surface area contributed by atoms with Crippen molar-refractivity contribution >= 4 is 16.0 Å². The third-order valence-corrected chi connectivity index (χ3v) is 6.81. The van der Waals surface area contributed by atoms with Crippen molar-refractivity contribution in [3.05, 3.63) is 65.7 Å². The van der Waals surface area contributed by atoms with Gasteiger partial charge in [0.1, 0.15) is 0 Å². The van der Waals surface area contributed by atoms with Crippen LogP contribution in [-0.2, 0) is 21.3 Å². The number of guanidine groups is 1. The molecule has 1 aliphatic heterocycles. The first-order chi connectivity index (χ1) is 15.0. The van der Waals surface area contributed by atoms with E-state index >= 15 is 0 Å². The molecule has 3 rings (SSSR count). The van der Waals surface area contributed by atoms with E-state index in [2.05, 4.69) is 46.1 Å². The summed E-state index contributed by atoms with van der Waals surface area (Å²) in [6.45, 7) is 5.85. The molecular weight excluding hydrogens is 412 g/mol. The number of benzene rings is 2. The quantitative estimate of drug-likeness (QED) is 0.353. The molecule has 0 saturated carbocycles. The van der Waals surface area contributed by atoms with Crippen LogP contribution in [0.4, 0.5) is 0 Å². The SMILES string of the molecule is CCNC(=NCc1ccc(S(=O)(=O)NCCOC)cc1)N1CCC(c2ccccc2)C1. The summed E-state index contributed by atoms with van der Waals surface area (Å²) >= 11 is 0. The van der Waals surface area contributed by atoms with Crippen molar-refractivity contribution in [3.8, 4) is 0 Å². The molecule has 1 atom stereocenters. The lowest BCUT2D eigenvalue weighted by molar-refractivity contribution is 0.204. The summed E-state index contributed by atoms with van der Waals surface area (Å²) < 4.78 is 32.0. The van der Waals surface area contributed by atoms with E-state index < -0.39 is 10.0 Å². The molecule has 168 valence electrons. The molecule has 0 bridgehead atoms. The van der Waals surface area contributed by atoms with Gasteiger partial charge in [-0.1, -0.05) is 42.5 Å². The predicted octanol–water partition coefficient (Wildman–Crippen LogP) is 2.57. The standard InChI is InChI=1S/C23H32N4O3S/c1-3-24-23(27-15-13-21(18-27)20-7-5-4-6-8-20)25-17-19-9-11-22(12-10-19)31(28,29)26-14-16-30-2/h4-12,21,26H,3,13-18H2,1-2H3,(H,24,25). The molecule has 1 heterocycles. The minimum absolute atomic E-state index is 0.244. The molecule has 2 aromatic rings. The number of sulfonamides is 1. The summed E-state index contributed by atoms with van der Waals surface area (Å²) in [5, 5.41) is 3.39. The zero-order valence-electron chi connectivity index (χ0n) is 18.3. The predicted molar refractivity (Wildman–Crippen MR) is 124 cm³/mol. The van der Waals surface area contributed by atoms with Gasteiger partial charge in [0.05, 0.1) is 18.0 Å². The van der Waals surface area contributed by atoms with Gasteiger partial charge < -0.3 is 15.0 Å². The zero-order valence-corrected chi connectivity index (χ0v) is 19.1. The second-order valence-corrected chi connectivity index (χ2v) is 9.31. The van der Waals surface area contributed by atoms with Crippen LogP contribution in [0.15, 0.2) is 64.5 Å². The average Bonchev–Trinajstić information content (AvgIpc) is 3.28. The molecule has 1 aliphatic rings. The number of nitrogens with zero attached hydrogens (tertiary/aromatic N) is 2. The normalized spacial score (nSPS) is 17.2.